The number of hydrogen-bond acceptors (Lipinski definition) is 3. The van der Waals surface area contributed by atoms with Crippen LogP contribution in [-0.4, -0.2) is 25.2 Å². The zero-order valence-corrected chi connectivity index (χ0v) is 10.5. The Hall–Kier alpha value is -1.65. The number of aromatic amines is 1. The topological polar surface area (TPSA) is 54.1 Å². The molecule has 1 aromatic heterocycles. The molecule has 1 heterocycles. The molecule has 0 atom stereocenters. The van der Waals surface area contributed by atoms with Crippen molar-refractivity contribution in [2.24, 2.45) is 0 Å². The van der Waals surface area contributed by atoms with Crippen molar-refractivity contribution < 1.29 is 4.74 Å². The Balaban J connectivity index is 2.09. The molecule has 18 heavy (non-hydrogen) atoms. The number of fused-ring (bicyclic) bond motifs is 1. The van der Waals surface area contributed by atoms with Crippen molar-refractivity contribution in [2.75, 3.05) is 20.3 Å². The first-order chi connectivity index (χ1) is 8.83. The van der Waals surface area contributed by atoms with Crippen LogP contribution >= 0.6 is 0 Å². The Morgan fingerprint density at radius 1 is 1.28 bits per heavy atom. The van der Waals surface area contributed by atoms with Crippen molar-refractivity contribution in [1.82, 2.24) is 10.3 Å². The molecule has 0 amide bonds. The van der Waals surface area contributed by atoms with Gasteiger partial charge in [0.05, 0.1) is 0 Å². The lowest BCUT2D eigenvalue weighted by Crippen LogP contribution is -2.17. The molecule has 0 saturated heterocycles. The maximum atomic E-state index is 11.7. The number of hydrogen-bond donors (Lipinski definition) is 2. The lowest BCUT2D eigenvalue weighted by atomic mass is 10.1. The molecule has 0 aliphatic rings. The van der Waals surface area contributed by atoms with E-state index in [4.69, 9.17) is 4.74 Å². The largest absolute Gasteiger partial charge is 0.385 e. The molecule has 1 aromatic carbocycles. The van der Waals surface area contributed by atoms with Gasteiger partial charge in [-0.05, 0) is 30.0 Å². The molecule has 0 unspecified atom stereocenters. The zero-order valence-electron chi connectivity index (χ0n) is 10.5. The van der Waals surface area contributed by atoms with Crippen LogP contribution in [0.5, 0.6) is 0 Å². The first kappa shape index (κ1) is 12.8. The van der Waals surface area contributed by atoms with E-state index in [0.29, 0.717) is 0 Å². The number of nitrogens with one attached hydrogen (secondary N) is 2. The summed E-state index contributed by atoms with van der Waals surface area (Å²) in [7, 11) is 1.70. The molecule has 4 nitrogen and oxygen atoms in total. The van der Waals surface area contributed by atoms with Crippen LogP contribution in [-0.2, 0) is 11.3 Å². The minimum absolute atomic E-state index is 0.0336. The summed E-state index contributed by atoms with van der Waals surface area (Å²) in [6.07, 6.45) is 2.77. The third-order valence-corrected chi connectivity index (χ3v) is 2.91. The molecule has 2 aromatic rings. The van der Waals surface area contributed by atoms with Gasteiger partial charge in [-0.3, -0.25) is 4.79 Å². The van der Waals surface area contributed by atoms with E-state index in [1.165, 1.54) is 0 Å². The minimum atomic E-state index is -0.0336. The van der Waals surface area contributed by atoms with Gasteiger partial charge in [-0.1, -0.05) is 18.2 Å². The van der Waals surface area contributed by atoms with Crippen LogP contribution < -0.4 is 10.9 Å². The van der Waals surface area contributed by atoms with Gasteiger partial charge in [0.2, 0.25) is 0 Å². The maximum absolute atomic E-state index is 11.7. The van der Waals surface area contributed by atoms with Crippen LogP contribution in [0.2, 0.25) is 0 Å². The first-order valence-electron chi connectivity index (χ1n) is 6.12. The van der Waals surface area contributed by atoms with E-state index in [9.17, 15) is 4.79 Å². The fourth-order valence-electron chi connectivity index (χ4n) is 1.98. The first-order valence-corrected chi connectivity index (χ1v) is 6.12. The third kappa shape index (κ3) is 2.97. The Morgan fingerprint density at radius 2 is 2.06 bits per heavy atom. The summed E-state index contributed by atoms with van der Waals surface area (Å²) >= 11 is 0. The van der Waals surface area contributed by atoms with Gasteiger partial charge in [0.15, 0.2) is 0 Å². The van der Waals surface area contributed by atoms with Crippen LogP contribution in [0.1, 0.15) is 12.0 Å². The second kappa shape index (κ2) is 6.33. The van der Waals surface area contributed by atoms with Crippen molar-refractivity contribution in [3.63, 3.8) is 0 Å². The van der Waals surface area contributed by atoms with E-state index in [0.717, 1.165) is 42.5 Å². The highest BCUT2D eigenvalue weighted by Crippen LogP contribution is 2.13. The molecule has 0 saturated carbocycles. The Bertz CT molecular complexity index is 563. The van der Waals surface area contributed by atoms with Gasteiger partial charge in [-0.2, -0.15) is 0 Å². The van der Waals surface area contributed by atoms with E-state index in [2.05, 4.69) is 10.3 Å². The highest BCUT2D eigenvalue weighted by atomic mass is 16.5. The van der Waals surface area contributed by atoms with Crippen molar-refractivity contribution in [2.45, 2.75) is 13.0 Å². The predicted octanol–water partition coefficient (Wildman–Crippen LogP) is 1.65. The summed E-state index contributed by atoms with van der Waals surface area (Å²) in [4.78, 5) is 14.4. The van der Waals surface area contributed by atoms with Crippen LogP contribution in [0, 0.1) is 0 Å². The van der Waals surface area contributed by atoms with Crippen LogP contribution in [0.15, 0.2) is 35.3 Å². The summed E-state index contributed by atoms with van der Waals surface area (Å²) in [5, 5.41) is 5.10. The quantitative estimate of drug-likeness (QED) is 0.762. The van der Waals surface area contributed by atoms with Gasteiger partial charge in [0, 0.05) is 31.8 Å². The minimum Gasteiger partial charge on any atom is -0.385 e. The van der Waals surface area contributed by atoms with Gasteiger partial charge in [-0.25, -0.2) is 0 Å². The van der Waals surface area contributed by atoms with Crippen molar-refractivity contribution in [3.05, 3.63) is 46.4 Å². The highest BCUT2D eigenvalue weighted by Gasteiger charge is 2.03. The molecule has 0 spiro atoms. The van der Waals surface area contributed by atoms with E-state index in [-0.39, 0.29) is 5.56 Å². The highest BCUT2D eigenvalue weighted by molar-refractivity contribution is 5.84. The number of aromatic nitrogens is 1. The summed E-state index contributed by atoms with van der Waals surface area (Å²) in [5.41, 5.74) is 1.08. The summed E-state index contributed by atoms with van der Waals surface area (Å²) in [6, 6.07) is 7.67. The summed E-state index contributed by atoms with van der Waals surface area (Å²) in [5.74, 6) is 0. The summed E-state index contributed by atoms with van der Waals surface area (Å²) in [6.45, 7) is 2.42. The third-order valence-electron chi connectivity index (χ3n) is 2.91. The normalized spacial score (nSPS) is 10.9. The van der Waals surface area contributed by atoms with Crippen LogP contribution in [0.3, 0.4) is 0 Å². The van der Waals surface area contributed by atoms with Crippen molar-refractivity contribution >= 4 is 10.8 Å². The van der Waals surface area contributed by atoms with Gasteiger partial charge in [0.1, 0.15) is 0 Å². The van der Waals surface area contributed by atoms with Crippen LogP contribution in [0.25, 0.3) is 10.8 Å². The monoisotopic (exact) mass is 246 g/mol. The maximum Gasteiger partial charge on any atom is 0.255 e. The van der Waals surface area contributed by atoms with E-state index < -0.39 is 0 Å². The van der Waals surface area contributed by atoms with E-state index >= 15 is 0 Å². The average Bonchev–Trinajstić information content (AvgIpc) is 2.41. The fraction of sp³-hybridized carbons (Fsp3) is 0.357. The van der Waals surface area contributed by atoms with Gasteiger partial charge >= 0.3 is 0 Å². The van der Waals surface area contributed by atoms with Gasteiger partial charge in [0.25, 0.3) is 5.56 Å². The van der Waals surface area contributed by atoms with Crippen molar-refractivity contribution in [3.8, 4) is 0 Å². The van der Waals surface area contributed by atoms with Crippen LogP contribution in [0.4, 0.5) is 0 Å². The molecule has 0 aliphatic carbocycles. The fourth-order valence-corrected chi connectivity index (χ4v) is 1.98. The molecule has 0 bridgehead atoms. The Labute approximate surface area is 106 Å². The lowest BCUT2D eigenvalue weighted by molar-refractivity contribution is 0.194. The molecule has 96 valence electrons. The average molecular weight is 246 g/mol. The van der Waals surface area contributed by atoms with E-state index in [1.807, 2.05) is 24.3 Å². The van der Waals surface area contributed by atoms with Gasteiger partial charge < -0.3 is 15.0 Å². The number of H-pyrrole nitrogens is 1. The zero-order chi connectivity index (χ0) is 12.8. The lowest BCUT2D eigenvalue weighted by Gasteiger charge is -2.07. The number of ether oxygens (including phenoxy) is 1. The molecule has 2 rings (SSSR count). The SMILES string of the molecule is COCCCNCc1c[nH]c(=O)c2ccccc12. The predicted molar refractivity (Wildman–Crippen MR) is 72.8 cm³/mol. The standard InChI is InChI=1S/C14H18N2O2/c1-18-8-4-7-15-9-11-10-16-14(17)13-6-3-2-5-12(11)13/h2-3,5-6,10,15H,4,7-9H2,1H3,(H,16,17). The Kier molecular flexibility index (Phi) is 4.50. The number of pyridine rings is 1. The molecule has 2 N–H and O–H groups in total. The van der Waals surface area contributed by atoms with Crippen molar-refractivity contribution in [1.29, 1.82) is 0 Å². The number of benzene rings is 1. The smallest absolute Gasteiger partial charge is 0.255 e. The van der Waals surface area contributed by atoms with E-state index in [1.54, 1.807) is 13.3 Å². The molecular weight excluding hydrogens is 228 g/mol. The Morgan fingerprint density at radius 3 is 2.83 bits per heavy atom. The molecule has 4 heteroatoms. The number of methoxy groups -OCH3 is 1. The van der Waals surface area contributed by atoms with Gasteiger partial charge in [-0.15, -0.1) is 0 Å². The second-order valence-electron chi connectivity index (χ2n) is 4.21. The number of rotatable bonds is 6. The molecule has 0 aliphatic heterocycles. The second-order valence-corrected chi connectivity index (χ2v) is 4.21. The molecule has 0 radical (unpaired) electrons. The summed E-state index contributed by atoms with van der Waals surface area (Å²) < 4.78 is 4.99. The molecule has 0 fully saturated rings. The molecular formula is C14H18N2O2.